The molecule has 1 heterocycles. The van der Waals surface area contributed by atoms with E-state index in [-0.39, 0.29) is 0 Å². The summed E-state index contributed by atoms with van der Waals surface area (Å²) in [4.78, 5) is 13.3. The van der Waals surface area contributed by atoms with Crippen LogP contribution in [0.25, 0.3) is 22.5 Å². The lowest BCUT2D eigenvalue weighted by atomic mass is 10.0. The zero-order valence-corrected chi connectivity index (χ0v) is 15.2. The van der Waals surface area contributed by atoms with Crippen molar-refractivity contribution >= 4 is 11.6 Å². The van der Waals surface area contributed by atoms with Crippen LogP contribution in [0.3, 0.4) is 0 Å². The molecule has 0 saturated heterocycles. The molecule has 2 aromatic carbocycles. The Kier molecular flexibility index (Phi) is 4.64. The summed E-state index contributed by atoms with van der Waals surface area (Å²) in [6.45, 7) is 5.55. The summed E-state index contributed by atoms with van der Waals surface area (Å²) < 4.78 is 2.04. The monoisotopic (exact) mass is 355 g/mol. The summed E-state index contributed by atoms with van der Waals surface area (Å²) in [5, 5.41) is 11.3. The smallest absolute Gasteiger partial charge is 0.293 e. The molecule has 0 saturated carbocycles. The Morgan fingerprint density at radius 3 is 2.32 bits per heavy atom. The van der Waals surface area contributed by atoms with E-state index in [2.05, 4.69) is 0 Å². The molecule has 1 N–H and O–H groups in total. The van der Waals surface area contributed by atoms with Crippen LogP contribution in [-0.2, 0) is 6.42 Å². The molecule has 3 aromatic rings. The molecule has 1 aromatic heterocycles. The van der Waals surface area contributed by atoms with E-state index in [1.165, 1.54) is 0 Å². The van der Waals surface area contributed by atoms with Gasteiger partial charge in [-0.2, -0.15) is 4.73 Å². The number of nitrogens with zero attached hydrogens (tertiary/aromatic N) is 2. The molecule has 5 heteroatoms. The molecular formula is C20H20ClN2O2+. The van der Waals surface area contributed by atoms with Gasteiger partial charge in [-0.05, 0) is 56.2 Å². The van der Waals surface area contributed by atoms with Crippen LogP contribution in [0.4, 0.5) is 0 Å². The lowest BCUT2D eigenvalue weighted by molar-refractivity contribution is -0.472. The summed E-state index contributed by atoms with van der Waals surface area (Å²) in [7, 11) is 0. The number of benzene rings is 2. The van der Waals surface area contributed by atoms with Gasteiger partial charge in [0.05, 0.1) is 15.6 Å². The molecule has 0 fully saturated rings. The van der Waals surface area contributed by atoms with Gasteiger partial charge in [0.15, 0.2) is 0 Å². The fourth-order valence-corrected chi connectivity index (χ4v) is 3.21. The number of halogens is 1. The van der Waals surface area contributed by atoms with Crippen LogP contribution < -0.4 is 4.43 Å². The normalized spacial score (nSPS) is 10.9. The molecule has 0 bridgehead atoms. The van der Waals surface area contributed by atoms with Crippen LogP contribution in [0, 0.1) is 18.8 Å². The maximum atomic E-state index is 13.3. The summed E-state index contributed by atoms with van der Waals surface area (Å²) >= 11 is 6.11. The molecule has 0 aliphatic rings. The van der Waals surface area contributed by atoms with E-state index in [0.29, 0.717) is 34.2 Å². The first-order chi connectivity index (χ1) is 12.0. The Morgan fingerprint density at radius 2 is 1.72 bits per heavy atom. The lowest BCUT2D eigenvalue weighted by Gasteiger charge is -2.11. The highest BCUT2D eigenvalue weighted by molar-refractivity contribution is 6.31. The number of hydrogen-bond acceptors (Lipinski definition) is 2. The molecule has 3 rings (SSSR count). The third kappa shape index (κ3) is 2.94. The highest BCUT2D eigenvalue weighted by Gasteiger charge is 2.29. The highest BCUT2D eigenvalue weighted by Crippen LogP contribution is 2.28. The van der Waals surface area contributed by atoms with E-state index in [0.717, 1.165) is 25.8 Å². The van der Waals surface area contributed by atoms with Crippen LogP contribution in [0.5, 0.6) is 0 Å². The summed E-state index contributed by atoms with van der Waals surface area (Å²) in [6.07, 6.45) is 0.531. The fraction of sp³-hybridized carbons (Fsp3) is 0.200. The van der Waals surface area contributed by atoms with Crippen molar-refractivity contribution in [1.29, 1.82) is 0 Å². The Bertz CT molecular complexity index is 995. The van der Waals surface area contributed by atoms with Gasteiger partial charge in [-0.3, -0.25) is 0 Å². The van der Waals surface area contributed by atoms with Gasteiger partial charge in [-0.1, -0.05) is 36.7 Å². The Morgan fingerprint density at radius 1 is 1.04 bits per heavy atom. The Labute approximate surface area is 151 Å². The second kappa shape index (κ2) is 6.73. The standard InChI is InChI=1S/C20H20ClN2O2/c1-4-18-20(15-8-6-5-7-9-15)23(25)19(14(3)22(18)24)16-10-11-17(21)13(2)12-16/h5-12,24H,4H2,1-3H3/q+1. The number of aryl methyl sites for hydroxylation is 1. The van der Waals surface area contributed by atoms with Gasteiger partial charge in [0.25, 0.3) is 11.4 Å². The molecule has 25 heavy (non-hydrogen) atoms. The first-order valence-electron chi connectivity index (χ1n) is 8.18. The van der Waals surface area contributed by atoms with Crippen LogP contribution >= 0.6 is 11.6 Å². The van der Waals surface area contributed by atoms with Crippen molar-refractivity contribution in [2.75, 3.05) is 0 Å². The maximum absolute atomic E-state index is 13.3. The molecule has 0 unspecified atom stereocenters. The van der Waals surface area contributed by atoms with Crippen molar-refractivity contribution < 1.29 is 9.63 Å². The number of hydrogen-bond donors (Lipinski definition) is 1. The van der Waals surface area contributed by atoms with Gasteiger partial charge >= 0.3 is 0 Å². The lowest BCUT2D eigenvalue weighted by Crippen LogP contribution is -2.29. The van der Waals surface area contributed by atoms with Crippen molar-refractivity contribution in [1.82, 2.24) is 4.73 Å². The molecule has 4 nitrogen and oxygen atoms in total. The summed E-state index contributed by atoms with van der Waals surface area (Å²) in [5.41, 5.74) is 4.31. The molecule has 128 valence electrons. The van der Waals surface area contributed by atoms with Gasteiger partial charge < -0.3 is 5.21 Å². The average molecular weight is 356 g/mol. The van der Waals surface area contributed by atoms with Crippen molar-refractivity contribution in [2.45, 2.75) is 27.2 Å². The van der Waals surface area contributed by atoms with Crippen LogP contribution in [0.15, 0.2) is 48.5 Å². The van der Waals surface area contributed by atoms with Gasteiger partial charge in [-0.25, -0.2) is 0 Å². The predicted octanol–water partition coefficient (Wildman–Crippen LogP) is 4.81. The average Bonchev–Trinajstić information content (AvgIpc) is 2.61. The third-order valence-electron chi connectivity index (χ3n) is 4.41. The molecule has 0 radical (unpaired) electrons. The second-order valence-electron chi connectivity index (χ2n) is 6.02. The summed E-state index contributed by atoms with van der Waals surface area (Å²) in [6, 6.07) is 14.8. The van der Waals surface area contributed by atoms with E-state index in [4.69, 9.17) is 11.6 Å². The molecule has 0 atom stereocenters. The maximum Gasteiger partial charge on any atom is 0.293 e. The van der Waals surface area contributed by atoms with Gasteiger partial charge in [0, 0.05) is 9.93 Å². The fourth-order valence-electron chi connectivity index (χ4n) is 3.09. The third-order valence-corrected chi connectivity index (χ3v) is 4.83. The molecule has 0 aliphatic heterocycles. The first-order valence-corrected chi connectivity index (χ1v) is 8.55. The van der Waals surface area contributed by atoms with Crippen LogP contribution in [-0.4, -0.2) is 9.94 Å². The molecule has 0 aliphatic carbocycles. The minimum atomic E-state index is 0.415. The first kappa shape index (κ1) is 17.2. The zero-order valence-electron chi connectivity index (χ0n) is 14.5. The van der Waals surface area contributed by atoms with E-state index < -0.39 is 0 Å². The largest absolute Gasteiger partial charge is 0.428 e. The highest BCUT2D eigenvalue weighted by atomic mass is 35.5. The zero-order chi connectivity index (χ0) is 18.1. The van der Waals surface area contributed by atoms with Crippen molar-refractivity contribution in [2.24, 2.45) is 0 Å². The van der Waals surface area contributed by atoms with Gasteiger partial charge in [0.1, 0.15) is 11.4 Å². The number of aromatic nitrogens is 2. The quantitative estimate of drug-likeness (QED) is 0.541. The molecule has 0 amide bonds. The van der Waals surface area contributed by atoms with Crippen molar-refractivity contribution in [3.8, 4) is 22.5 Å². The van der Waals surface area contributed by atoms with E-state index in [9.17, 15) is 10.1 Å². The van der Waals surface area contributed by atoms with Gasteiger partial charge in [-0.15, -0.1) is 0 Å². The Hall–Kier alpha value is -2.59. The van der Waals surface area contributed by atoms with E-state index in [1.54, 1.807) is 19.1 Å². The number of rotatable bonds is 3. The second-order valence-corrected chi connectivity index (χ2v) is 6.43. The van der Waals surface area contributed by atoms with Crippen molar-refractivity contribution in [3.63, 3.8) is 0 Å². The van der Waals surface area contributed by atoms with Crippen LogP contribution in [0.1, 0.15) is 23.9 Å². The van der Waals surface area contributed by atoms with Crippen LogP contribution in [0.2, 0.25) is 5.02 Å². The topological polar surface area (TPSA) is 48.1 Å². The molecular weight excluding hydrogens is 336 g/mol. The minimum absolute atomic E-state index is 0.415. The predicted molar refractivity (Wildman–Crippen MR) is 99.7 cm³/mol. The molecule has 0 spiro atoms. The SMILES string of the molecule is CCc1c(-c2ccccc2)[n+](=O)c(-c2ccc(Cl)c(C)c2)c(C)n1O. The van der Waals surface area contributed by atoms with Crippen molar-refractivity contribution in [3.05, 3.63) is 75.4 Å². The summed E-state index contributed by atoms with van der Waals surface area (Å²) in [5.74, 6) is 0. The van der Waals surface area contributed by atoms with E-state index in [1.807, 2.05) is 50.2 Å². The minimum Gasteiger partial charge on any atom is -0.428 e. The van der Waals surface area contributed by atoms with E-state index >= 15 is 0 Å². The van der Waals surface area contributed by atoms with Gasteiger partial charge in [0.2, 0.25) is 0 Å². The Balaban J connectivity index is 2.40.